The van der Waals surface area contributed by atoms with Gasteiger partial charge in [-0.25, -0.2) is 4.39 Å². The number of benzene rings is 2. The van der Waals surface area contributed by atoms with Crippen LogP contribution in [0.4, 0.5) is 10.1 Å². The van der Waals surface area contributed by atoms with E-state index in [0.29, 0.717) is 27.7 Å². The van der Waals surface area contributed by atoms with Crippen LogP contribution in [0.3, 0.4) is 0 Å². The molecular weight excluding hydrogens is 255 g/mol. The number of nitrogens with two attached hydrogens (primary N) is 1. The normalized spacial score (nSPS) is 10.9. The zero-order chi connectivity index (χ0) is 14.3. The monoisotopic (exact) mass is 268 g/mol. The molecule has 3 rings (SSSR count). The van der Waals surface area contributed by atoms with Crippen molar-refractivity contribution in [1.29, 1.82) is 0 Å². The Morgan fingerprint density at radius 1 is 1.20 bits per heavy atom. The summed E-state index contributed by atoms with van der Waals surface area (Å²) in [7, 11) is 0. The van der Waals surface area contributed by atoms with Crippen molar-refractivity contribution in [2.24, 2.45) is 0 Å². The van der Waals surface area contributed by atoms with Gasteiger partial charge in [0.2, 0.25) is 0 Å². The molecule has 4 heteroatoms. The topological polar surface area (TPSA) is 58.9 Å². The Morgan fingerprint density at radius 3 is 2.75 bits per heavy atom. The Hall–Kier alpha value is -2.62. The van der Waals surface area contributed by atoms with Gasteiger partial charge in [-0.2, -0.15) is 0 Å². The van der Waals surface area contributed by atoms with Crippen LogP contribution in [-0.4, -0.2) is 10.8 Å². The van der Waals surface area contributed by atoms with Crippen molar-refractivity contribution < 1.29 is 9.18 Å². The number of anilines is 1. The highest BCUT2D eigenvalue weighted by Gasteiger charge is 2.15. The molecule has 1 heterocycles. The van der Waals surface area contributed by atoms with E-state index in [2.05, 4.69) is 4.98 Å². The van der Waals surface area contributed by atoms with Crippen molar-refractivity contribution in [1.82, 2.24) is 4.98 Å². The molecule has 3 N–H and O–H groups in total. The second-order valence-corrected chi connectivity index (χ2v) is 4.79. The van der Waals surface area contributed by atoms with Gasteiger partial charge in [0, 0.05) is 33.9 Å². The second-order valence-electron chi connectivity index (χ2n) is 4.79. The van der Waals surface area contributed by atoms with E-state index >= 15 is 0 Å². The summed E-state index contributed by atoms with van der Waals surface area (Å²) < 4.78 is 13.1. The van der Waals surface area contributed by atoms with Gasteiger partial charge in [0.15, 0.2) is 5.78 Å². The number of aromatic amines is 1. The Kier molecular flexibility index (Phi) is 2.79. The SMILES string of the molecule is Cc1cc(C(=O)c2c[nH]c3cc(F)ccc23)ccc1N. The van der Waals surface area contributed by atoms with Crippen molar-refractivity contribution in [3.05, 3.63) is 65.1 Å². The fourth-order valence-corrected chi connectivity index (χ4v) is 2.26. The minimum atomic E-state index is -0.332. The van der Waals surface area contributed by atoms with E-state index in [0.717, 1.165) is 5.56 Å². The number of nitrogens with one attached hydrogen (secondary N) is 1. The van der Waals surface area contributed by atoms with Gasteiger partial charge in [-0.05, 0) is 48.9 Å². The van der Waals surface area contributed by atoms with Gasteiger partial charge in [0.1, 0.15) is 5.82 Å². The Balaban J connectivity index is 2.10. The molecule has 0 spiro atoms. The molecule has 0 amide bonds. The zero-order valence-corrected chi connectivity index (χ0v) is 10.9. The lowest BCUT2D eigenvalue weighted by Gasteiger charge is -2.04. The average Bonchev–Trinajstić information content (AvgIpc) is 2.84. The number of nitrogen functional groups attached to an aromatic ring is 1. The van der Waals surface area contributed by atoms with E-state index in [1.165, 1.54) is 12.1 Å². The molecule has 0 atom stereocenters. The molecule has 100 valence electrons. The van der Waals surface area contributed by atoms with Crippen LogP contribution >= 0.6 is 0 Å². The maximum absolute atomic E-state index is 13.1. The number of fused-ring (bicyclic) bond motifs is 1. The third kappa shape index (κ3) is 1.95. The molecule has 20 heavy (non-hydrogen) atoms. The first kappa shape index (κ1) is 12.4. The van der Waals surface area contributed by atoms with Crippen molar-refractivity contribution in [3.63, 3.8) is 0 Å². The molecular formula is C16H13FN2O. The van der Waals surface area contributed by atoms with E-state index < -0.39 is 0 Å². The lowest BCUT2D eigenvalue weighted by Crippen LogP contribution is -2.02. The fraction of sp³-hybridized carbons (Fsp3) is 0.0625. The molecule has 0 fully saturated rings. The first-order chi connectivity index (χ1) is 9.56. The van der Waals surface area contributed by atoms with Gasteiger partial charge in [-0.15, -0.1) is 0 Å². The molecule has 0 aliphatic rings. The Bertz CT molecular complexity index is 820. The van der Waals surface area contributed by atoms with Gasteiger partial charge >= 0.3 is 0 Å². The molecule has 0 saturated heterocycles. The Morgan fingerprint density at radius 2 is 2.00 bits per heavy atom. The minimum absolute atomic E-state index is 0.106. The van der Waals surface area contributed by atoms with Crippen LogP contribution < -0.4 is 5.73 Å². The zero-order valence-electron chi connectivity index (χ0n) is 10.9. The van der Waals surface area contributed by atoms with Gasteiger partial charge in [-0.1, -0.05) is 0 Å². The van der Waals surface area contributed by atoms with E-state index in [4.69, 9.17) is 5.73 Å². The van der Waals surface area contributed by atoms with Gasteiger partial charge < -0.3 is 10.7 Å². The van der Waals surface area contributed by atoms with Crippen LogP contribution in [0.25, 0.3) is 10.9 Å². The second kappa shape index (κ2) is 4.49. The first-order valence-corrected chi connectivity index (χ1v) is 6.24. The first-order valence-electron chi connectivity index (χ1n) is 6.24. The van der Waals surface area contributed by atoms with Crippen molar-refractivity contribution in [2.45, 2.75) is 6.92 Å². The smallest absolute Gasteiger partial charge is 0.195 e. The molecule has 0 bridgehead atoms. The quantitative estimate of drug-likeness (QED) is 0.552. The molecule has 3 aromatic rings. The van der Waals surface area contributed by atoms with Crippen LogP contribution in [0.5, 0.6) is 0 Å². The van der Waals surface area contributed by atoms with E-state index in [-0.39, 0.29) is 11.6 Å². The highest BCUT2D eigenvalue weighted by atomic mass is 19.1. The number of hydrogen-bond donors (Lipinski definition) is 2. The highest BCUT2D eigenvalue weighted by Crippen LogP contribution is 2.23. The number of H-pyrrole nitrogens is 1. The summed E-state index contributed by atoms with van der Waals surface area (Å²) in [5.74, 6) is -0.437. The highest BCUT2D eigenvalue weighted by molar-refractivity contribution is 6.16. The molecule has 0 unspecified atom stereocenters. The summed E-state index contributed by atoms with van der Waals surface area (Å²) in [4.78, 5) is 15.4. The molecule has 0 saturated carbocycles. The maximum Gasteiger partial charge on any atom is 0.195 e. The van der Waals surface area contributed by atoms with Crippen LogP contribution in [0.1, 0.15) is 21.5 Å². The maximum atomic E-state index is 13.1. The summed E-state index contributed by atoms with van der Waals surface area (Å²) in [6.07, 6.45) is 1.61. The number of hydrogen-bond acceptors (Lipinski definition) is 2. The fourth-order valence-electron chi connectivity index (χ4n) is 2.26. The van der Waals surface area contributed by atoms with E-state index in [9.17, 15) is 9.18 Å². The summed E-state index contributed by atoms with van der Waals surface area (Å²) in [5.41, 5.74) is 8.99. The third-order valence-electron chi connectivity index (χ3n) is 3.42. The molecule has 2 aromatic carbocycles. The van der Waals surface area contributed by atoms with Gasteiger partial charge in [0.05, 0.1) is 0 Å². The molecule has 0 aliphatic carbocycles. The predicted octanol–water partition coefficient (Wildman–Crippen LogP) is 3.43. The standard InChI is InChI=1S/C16H13FN2O/c1-9-6-10(2-5-14(9)18)16(20)13-8-19-15-7-11(17)3-4-12(13)15/h2-8,19H,18H2,1H3. The summed E-state index contributed by atoms with van der Waals surface area (Å²) in [5, 5.41) is 0.714. The van der Waals surface area contributed by atoms with Gasteiger partial charge in [-0.3, -0.25) is 4.79 Å². The lowest BCUT2D eigenvalue weighted by molar-refractivity contribution is 0.104. The van der Waals surface area contributed by atoms with Crippen LogP contribution in [0.15, 0.2) is 42.6 Å². The molecule has 0 radical (unpaired) electrons. The van der Waals surface area contributed by atoms with E-state index in [1.807, 2.05) is 6.92 Å². The number of rotatable bonds is 2. The number of carbonyl (C=O) groups is 1. The Labute approximate surface area is 115 Å². The lowest BCUT2D eigenvalue weighted by atomic mass is 10.0. The molecule has 3 nitrogen and oxygen atoms in total. The third-order valence-corrected chi connectivity index (χ3v) is 3.42. The van der Waals surface area contributed by atoms with Crippen molar-refractivity contribution in [3.8, 4) is 0 Å². The van der Waals surface area contributed by atoms with Crippen LogP contribution in [-0.2, 0) is 0 Å². The number of aryl methyl sites for hydroxylation is 1. The predicted molar refractivity (Wildman–Crippen MR) is 77.3 cm³/mol. The van der Waals surface area contributed by atoms with Crippen LogP contribution in [0.2, 0.25) is 0 Å². The van der Waals surface area contributed by atoms with Crippen molar-refractivity contribution >= 4 is 22.4 Å². The number of aromatic nitrogens is 1. The van der Waals surface area contributed by atoms with Gasteiger partial charge in [0.25, 0.3) is 0 Å². The summed E-state index contributed by atoms with van der Waals surface area (Å²) in [6.45, 7) is 1.86. The molecule has 1 aromatic heterocycles. The minimum Gasteiger partial charge on any atom is -0.399 e. The number of ketones is 1. The summed E-state index contributed by atoms with van der Waals surface area (Å²) in [6, 6.07) is 9.52. The number of carbonyl (C=O) groups excluding carboxylic acids is 1. The number of halogens is 1. The molecule has 0 aliphatic heterocycles. The van der Waals surface area contributed by atoms with Crippen molar-refractivity contribution in [2.75, 3.05) is 5.73 Å². The average molecular weight is 268 g/mol. The summed E-state index contributed by atoms with van der Waals surface area (Å²) >= 11 is 0. The van der Waals surface area contributed by atoms with Crippen LogP contribution in [0, 0.1) is 12.7 Å². The van der Waals surface area contributed by atoms with E-state index in [1.54, 1.807) is 30.5 Å². The largest absolute Gasteiger partial charge is 0.399 e.